The van der Waals surface area contributed by atoms with Crippen LogP contribution >= 0.6 is 0 Å². The maximum absolute atomic E-state index is 12.8. The van der Waals surface area contributed by atoms with Gasteiger partial charge >= 0.3 is 12.0 Å². The molecule has 1 spiro atoms. The van der Waals surface area contributed by atoms with Gasteiger partial charge in [0, 0.05) is 37.2 Å². The van der Waals surface area contributed by atoms with Crippen LogP contribution in [0, 0.1) is 5.41 Å². The number of carboxylic acid groups (broad SMARTS) is 1. The summed E-state index contributed by atoms with van der Waals surface area (Å²) in [5.41, 5.74) is 0.157. The maximum atomic E-state index is 12.8. The van der Waals surface area contributed by atoms with Crippen molar-refractivity contribution in [2.75, 3.05) is 32.8 Å². The lowest BCUT2D eigenvalue weighted by atomic mass is 9.60. The summed E-state index contributed by atoms with van der Waals surface area (Å²) in [6.07, 6.45) is 7.69. The SMILES string of the molecule is CCOC1CC(NC(=O)N2CCC(N(CC)CC(=O)O)CC2)C12CCCC2. The number of nitrogens with zero attached hydrogens (tertiary/aromatic N) is 2. The van der Waals surface area contributed by atoms with Crippen LogP contribution in [0.2, 0.25) is 0 Å². The zero-order chi connectivity index (χ0) is 19.4. The quantitative estimate of drug-likeness (QED) is 0.707. The number of amides is 2. The van der Waals surface area contributed by atoms with Crippen molar-refractivity contribution in [3.63, 3.8) is 0 Å². The number of urea groups is 1. The Balaban J connectivity index is 1.49. The van der Waals surface area contributed by atoms with E-state index in [-0.39, 0.29) is 30.1 Å². The van der Waals surface area contributed by atoms with Crippen LogP contribution in [0.3, 0.4) is 0 Å². The number of nitrogens with one attached hydrogen (secondary N) is 1. The van der Waals surface area contributed by atoms with E-state index in [1.54, 1.807) is 0 Å². The zero-order valence-corrected chi connectivity index (χ0v) is 16.8. The fourth-order valence-corrected chi connectivity index (χ4v) is 5.44. The average molecular weight is 382 g/mol. The van der Waals surface area contributed by atoms with Gasteiger partial charge in [-0.15, -0.1) is 0 Å². The smallest absolute Gasteiger partial charge is 0.317 e. The van der Waals surface area contributed by atoms with Crippen LogP contribution in [0.4, 0.5) is 4.79 Å². The van der Waals surface area contributed by atoms with Crippen molar-refractivity contribution < 1.29 is 19.4 Å². The van der Waals surface area contributed by atoms with Gasteiger partial charge in [0.15, 0.2) is 0 Å². The molecule has 2 N–H and O–H groups in total. The van der Waals surface area contributed by atoms with E-state index in [0.717, 1.165) is 45.3 Å². The Morgan fingerprint density at radius 3 is 2.44 bits per heavy atom. The number of piperidine rings is 1. The van der Waals surface area contributed by atoms with Gasteiger partial charge in [0.25, 0.3) is 0 Å². The highest BCUT2D eigenvalue weighted by Crippen LogP contribution is 2.54. The van der Waals surface area contributed by atoms with Crippen LogP contribution < -0.4 is 5.32 Å². The summed E-state index contributed by atoms with van der Waals surface area (Å²) in [5, 5.41) is 12.3. The largest absolute Gasteiger partial charge is 0.480 e. The summed E-state index contributed by atoms with van der Waals surface area (Å²) >= 11 is 0. The highest BCUT2D eigenvalue weighted by Gasteiger charge is 2.57. The molecule has 1 aliphatic heterocycles. The number of hydrogen-bond donors (Lipinski definition) is 2. The first kappa shape index (κ1) is 20.4. The van der Waals surface area contributed by atoms with Crippen molar-refractivity contribution in [3.05, 3.63) is 0 Å². The van der Waals surface area contributed by atoms with E-state index in [1.807, 2.05) is 23.6 Å². The number of carboxylic acids is 1. The Labute approximate surface area is 162 Å². The van der Waals surface area contributed by atoms with Crippen LogP contribution in [0.25, 0.3) is 0 Å². The predicted octanol–water partition coefficient (Wildman–Crippen LogP) is 2.30. The second kappa shape index (κ2) is 8.78. The summed E-state index contributed by atoms with van der Waals surface area (Å²) in [4.78, 5) is 27.7. The van der Waals surface area contributed by atoms with Gasteiger partial charge in [-0.2, -0.15) is 0 Å². The van der Waals surface area contributed by atoms with E-state index in [1.165, 1.54) is 12.8 Å². The number of carbonyl (C=O) groups excluding carboxylic acids is 1. The Kier molecular flexibility index (Phi) is 6.63. The molecule has 2 aliphatic carbocycles. The van der Waals surface area contributed by atoms with Crippen LogP contribution in [-0.4, -0.2) is 77.9 Å². The van der Waals surface area contributed by atoms with Crippen LogP contribution in [0.5, 0.6) is 0 Å². The normalized spacial score (nSPS) is 27.7. The molecule has 0 aromatic heterocycles. The summed E-state index contributed by atoms with van der Waals surface area (Å²) in [5.74, 6) is -0.785. The molecule has 0 aromatic carbocycles. The lowest BCUT2D eigenvalue weighted by Crippen LogP contribution is -2.65. The predicted molar refractivity (Wildman–Crippen MR) is 103 cm³/mol. The molecule has 154 valence electrons. The first-order valence-electron chi connectivity index (χ1n) is 10.6. The Morgan fingerprint density at radius 2 is 1.89 bits per heavy atom. The molecule has 0 aromatic rings. The minimum atomic E-state index is -0.785. The minimum Gasteiger partial charge on any atom is -0.480 e. The van der Waals surface area contributed by atoms with E-state index in [4.69, 9.17) is 9.84 Å². The summed E-state index contributed by atoms with van der Waals surface area (Å²) in [7, 11) is 0. The number of carbonyl (C=O) groups is 2. The molecule has 7 nitrogen and oxygen atoms in total. The minimum absolute atomic E-state index is 0.0426. The third kappa shape index (κ3) is 4.24. The van der Waals surface area contributed by atoms with Crippen LogP contribution in [0.15, 0.2) is 0 Å². The molecule has 1 saturated heterocycles. The number of likely N-dealkylation sites (tertiary alicyclic amines) is 1. The molecule has 3 rings (SSSR count). The van der Waals surface area contributed by atoms with E-state index < -0.39 is 5.97 Å². The van der Waals surface area contributed by atoms with Crippen molar-refractivity contribution in [2.45, 2.75) is 77.0 Å². The van der Waals surface area contributed by atoms with Gasteiger partial charge in [-0.1, -0.05) is 19.8 Å². The third-order valence-electron chi connectivity index (χ3n) is 7.00. The highest BCUT2D eigenvalue weighted by atomic mass is 16.5. The van der Waals surface area contributed by atoms with Crippen molar-refractivity contribution in [1.29, 1.82) is 0 Å². The summed E-state index contributed by atoms with van der Waals surface area (Å²) < 4.78 is 5.94. The molecule has 3 fully saturated rings. The number of rotatable bonds is 7. The monoisotopic (exact) mass is 381 g/mol. The van der Waals surface area contributed by atoms with Gasteiger partial charge in [-0.25, -0.2) is 4.79 Å². The molecule has 0 bridgehead atoms. The fourth-order valence-electron chi connectivity index (χ4n) is 5.44. The fraction of sp³-hybridized carbons (Fsp3) is 0.900. The van der Waals surface area contributed by atoms with E-state index in [9.17, 15) is 9.59 Å². The molecule has 2 atom stereocenters. The van der Waals surface area contributed by atoms with Gasteiger partial charge in [0.1, 0.15) is 0 Å². The molecule has 0 radical (unpaired) electrons. The summed E-state index contributed by atoms with van der Waals surface area (Å²) in [6.45, 7) is 6.98. The Bertz CT molecular complexity index is 527. The third-order valence-corrected chi connectivity index (χ3v) is 7.00. The first-order valence-corrected chi connectivity index (χ1v) is 10.6. The molecule has 27 heavy (non-hydrogen) atoms. The molecular weight excluding hydrogens is 346 g/mol. The molecule has 1 heterocycles. The van der Waals surface area contributed by atoms with Gasteiger partial charge in [0.2, 0.25) is 0 Å². The second-order valence-electron chi connectivity index (χ2n) is 8.30. The van der Waals surface area contributed by atoms with Gasteiger partial charge < -0.3 is 20.1 Å². The second-order valence-corrected chi connectivity index (χ2v) is 8.30. The highest BCUT2D eigenvalue weighted by molar-refractivity contribution is 5.75. The molecule has 3 aliphatic rings. The lowest BCUT2D eigenvalue weighted by molar-refractivity contribution is -0.139. The molecule has 2 unspecified atom stereocenters. The van der Waals surface area contributed by atoms with Crippen molar-refractivity contribution >= 4 is 12.0 Å². The van der Waals surface area contributed by atoms with E-state index in [0.29, 0.717) is 19.2 Å². The Hall–Kier alpha value is -1.34. The molecule has 2 saturated carbocycles. The van der Waals surface area contributed by atoms with Crippen molar-refractivity contribution in [1.82, 2.24) is 15.1 Å². The molecule has 2 amide bonds. The van der Waals surface area contributed by atoms with Crippen LogP contribution in [-0.2, 0) is 9.53 Å². The van der Waals surface area contributed by atoms with E-state index in [2.05, 4.69) is 5.32 Å². The standard InChI is InChI=1S/C20H35N3O4/c1-3-22(14-18(24)25)15-7-11-23(12-8-15)19(26)21-16-13-17(27-4-2)20(16)9-5-6-10-20/h15-17H,3-14H2,1-2H3,(H,21,26)(H,24,25). The average Bonchev–Trinajstić information content (AvgIpc) is 3.18. The number of ether oxygens (including phenoxy) is 1. The first-order chi connectivity index (χ1) is 13.0. The van der Waals surface area contributed by atoms with Gasteiger partial charge in [-0.05, 0) is 45.6 Å². The topological polar surface area (TPSA) is 82.1 Å². The number of aliphatic carboxylic acids is 1. The number of likely N-dealkylation sites (N-methyl/N-ethyl adjacent to an activating group) is 1. The van der Waals surface area contributed by atoms with Gasteiger partial charge in [0.05, 0.1) is 12.6 Å². The zero-order valence-electron chi connectivity index (χ0n) is 16.8. The van der Waals surface area contributed by atoms with Crippen LogP contribution in [0.1, 0.15) is 58.8 Å². The molecule has 7 heteroatoms. The Morgan fingerprint density at radius 1 is 1.22 bits per heavy atom. The van der Waals surface area contributed by atoms with Crippen molar-refractivity contribution in [2.24, 2.45) is 5.41 Å². The molecular formula is C20H35N3O4. The maximum Gasteiger partial charge on any atom is 0.317 e. The summed E-state index contributed by atoms with van der Waals surface area (Å²) in [6, 6.07) is 0.532. The van der Waals surface area contributed by atoms with E-state index >= 15 is 0 Å². The lowest BCUT2D eigenvalue weighted by Gasteiger charge is -2.54. The van der Waals surface area contributed by atoms with Crippen molar-refractivity contribution in [3.8, 4) is 0 Å². The van der Waals surface area contributed by atoms with Gasteiger partial charge in [-0.3, -0.25) is 9.69 Å². The number of hydrogen-bond acceptors (Lipinski definition) is 4.